The highest BCUT2D eigenvalue weighted by Gasteiger charge is 2.36. The average Bonchev–Trinajstić information content (AvgIpc) is 3.32. The van der Waals surface area contributed by atoms with Crippen LogP contribution in [0.1, 0.15) is 32.1 Å². The fourth-order valence-electron chi connectivity index (χ4n) is 3.14. The summed E-state index contributed by atoms with van der Waals surface area (Å²) in [5.74, 6) is 0.175. The maximum Gasteiger partial charge on any atom is 0.286 e. The van der Waals surface area contributed by atoms with Crippen molar-refractivity contribution >= 4 is 27.2 Å². The molecular weight excluding hydrogens is 305 g/mol. The smallest absolute Gasteiger partial charge is 0.286 e. The van der Waals surface area contributed by atoms with E-state index in [1.165, 1.54) is 6.07 Å². The summed E-state index contributed by atoms with van der Waals surface area (Å²) in [5.41, 5.74) is 1.14. The van der Waals surface area contributed by atoms with E-state index < -0.39 is 15.8 Å². The second-order valence-corrected chi connectivity index (χ2v) is 7.77. The van der Waals surface area contributed by atoms with Gasteiger partial charge < -0.3 is 10.2 Å². The molecule has 1 saturated heterocycles. The van der Waals surface area contributed by atoms with Crippen LogP contribution < -0.4 is 10.2 Å². The van der Waals surface area contributed by atoms with Crippen molar-refractivity contribution < 1.29 is 12.8 Å². The van der Waals surface area contributed by atoms with Crippen molar-refractivity contribution in [3.8, 4) is 0 Å². The monoisotopic (exact) mass is 323 g/mol. The summed E-state index contributed by atoms with van der Waals surface area (Å²) in [6, 6.07) is 2.50. The second kappa shape index (κ2) is 4.94. The summed E-state index contributed by atoms with van der Waals surface area (Å²) in [7, 11) is -3.82. The summed E-state index contributed by atoms with van der Waals surface area (Å²) >= 11 is 0. The Morgan fingerprint density at radius 2 is 1.91 bits per heavy atom. The van der Waals surface area contributed by atoms with E-state index in [2.05, 4.69) is 14.6 Å². The van der Waals surface area contributed by atoms with Crippen molar-refractivity contribution in [2.45, 2.75) is 37.0 Å². The predicted octanol–water partition coefficient (Wildman–Crippen LogP) is 2.74. The van der Waals surface area contributed by atoms with Crippen molar-refractivity contribution in [2.75, 3.05) is 23.3 Å². The molecule has 5 nitrogen and oxygen atoms in total. The Kier molecular flexibility index (Phi) is 3.14. The lowest BCUT2D eigenvalue weighted by atomic mass is 10.1. The highest BCUT2D eigenvalue weighted by Crippen LogP contribution is 2.41. The predicted molar refractivity (Wildman–Crippen MR) is 83.4 cm³/mol. The Hall–Kier alpha value is -1.63. The van der Waals surface area contributed by atoms with Gasteiger partial charge in [-0.15, -0.1) is 4.40 Å². The Labute approximate surface area is 129 Å². The number of halogens is 1. The zero-order valence-electron chi connectivity index (χ0n) is 12.2. The SMILES string of the molecule is O=S1(=O)N=C(C2CC2)Nc2c(N3CCCCC3)cc(F)cc21. The third-order valence-electron chi connectivity index (χ3n) is 4.46. The molecule has 1 aromatic carbocycles. The summed E-state index contributed by atoms with van der Waals surface area (Å²) in [6.45, 7) is 1.65. The summed E-state index contributed by atoms with van der Waals surface area (Å²) < 4.78 is 42.6. The van der Waals surface area contributed by atoms with E-state index in [4.69, 9.17) is 0 Å². The molecule has 2 fully saturated rings. The molecule has 0 radical (unpaired) electrons. The molecule has 0 amide bonds. The molecule has 1 saturated carbocycles. The van der Waals surface area contributed by atoms with Gasteiger partial charge in [0.05, 0.1) is 11.4 Å². The van der Waals surface area contributed by atoms with E-state index in [1.807, 2.05) is 0 Å². The van der Waals surface area contributed by atoms with Crippen LogP contribution >= 0.6 is 0 Å². The molecule has 0 atom stereocenters. The van der Waals surface area contributed by atoms with Crippen molar-refractivity contribution in [1.82, 2.24) is 0 Å². The number of sulfonamides is 1. The highest BCUT2D eigenvalue weighted by atomic mass is 32.2. The van der Waals surface area contributed by atoms with Crippen molar-refractivity contribution in [3.05, 3.63) is 17.9 Å². The zero-order valence-corrected chi connectivity index (χ0v) is 13.0. The molecule has 2 heterocycles. The normalized spacial score (nSPS) is 23.5. The number of amidine groups is 1. The molecule has 1 N–H and O–H groups in total. The maximum absolute atomic E-state index is 14.0. The highest BCUT2D eigenvalue weighted by molar-refractivity contribution is 7.90. The molecule has 2 aliphatic heterocycles. The van der Waals surface area contributed by atoms with Gasteiger partial charge in [-0.3, -0.25) is 0 Å². The quantitative estimate of drug-likeness (QED) is 0.909. The van der Waals surface area contributed by atoms with Gasteiger partial charge in [-0.25, -0.2) is 4.39 Å². The van der Waals surface area contributed by atoms with Gasteiger partial charge in [-0.05, 0) is 44.2 Å². The Balaban J connectivity index is 1.84. The molecular formula is C15H18FN3O2S. The molecule has 7 heteroatoms. The number of hydrogen-bond donors (Lipinski definition) is 1. The lowest BCUT2D eigenvalue weighted by Crippen LogP contribution is -2.32. The molecule has 1 aliphatic carbocycles. The van der Waals surface area contributed by atoms with E-state index in [0.29, 0.717) is 17.2 Å². The minimum atomic E-state index is -3.82. The number of fused-ring (bicyclic) bond motifs is 1. The lowest BCUT2D eigenvalue weighted by Gasteiger charge is -2.32. The van der Waals surface area contributed by atoms with Crippen LogP contribution in [0.25, 0.3) is 0 Å². The van der Waals surface area contributed by atoms with Crippen molar-refractivity contribution in [2.24, 2.45) is 10.3 Å². The van der Waals surface area contributed by atoms with Crippen molar-refractivity contribution in [1.29, 1.82) is 0 Å². The fourth-order valence-corrected chi connectivity index (χ4v) is 4.37. The zero-order chi connectivity index (χ0) is 15.3. The summed E-state index contributed by atoms with van der Waals surface area (Å²) in [6.07, 6.45) is 5.16. The Morgan fingerprint density at radius 3 is 2.59 bits per heavy atom. The standard InChI is InChI=1S/C15H18FN3O2S/c16-11-8-12(19-6-2-1-3-7-19)14-13(9-11)22(20,21)18-15(17-14)10-4-5-10/h8-10H,1-7H2,(H,17,18). The first kappa shape index (κ1) is 14.0. The average molecular weight is 323 g/mol. The minimum absolute atomic E-state index is 0.0440. The van der Waals surface area contributed by atoms with Crippen LogP contribution in [0.15, 0.2) is 21.4 Å². The van der Waals surface area contributed by atoms with Gasteiger partial charge in [-0.2, -0.15) is 8.42 Å². The molecule has 22 heavy (non-hydrogen) atoms. The number of nitrogens with zero attached hydrogens (tertiary/aromatic N) is 2. The van der Waals surface area contributed by atoms with Gasteiger partial charge in [0.15, 0.2) is 0 Å². The second-order valence-electron chi connectivity index (χ2n) is 6.20. The van der Waals surface area contributed by atoms with Gasteiger partial charge in [0.2, 0.25) is 0 Å². The topological polar surface area (TPSA) is 61.8 Å². The van der Waals surface area contributed by atoms with Crippen LogP contribution in [-0.2, 0) is 10.0 Å². The van der Waals surface area contributed by atoms with Crippen LogP contribution in [0.5, 0.6) is 0 Å². The van der Waals surface area contributed by atoms with Crippen LogP contribution in [0.4, 0.5) is 15.8 Å². The first-order valence-corrected chi connectivity index (χ1v) is 9.19. The van der Waals surface area contributed by atoms with Crippen LogP contribution in [0.3, 0.4) is 0 Å². The maximum atomic E-state index is 14.0. The molecule has 1 aromatic rings. The van der Waals surface area contributed by atoms with Gasteiger partial charge in [-0.1, -0.05) is 0 Å². The first-order chi connectivity index (χ1) is 10.5. The lowest BCUT2D eigenvalue weighted by molar-refractivity contribution is 0.571. The van der Waals surface area contributed by atoms with Crippen LogP contribution in [0, 0.1) is 11.7 Å². The third kappa shape index (κ3) is 2.37. The fraction of sp³-hybridized carbons (Fsp3) is 0.533. The third-order valence-corrected chi connectivity index (χ3v) is 5.77. The Bertz CT molecular complexity index is 750. The Morgan fingerprint density at radius 1 is 1.18 bits per heavy atom. The molecule has 0 unspecified atom stereocenters. The number of rotatable bonds is 2. The minimum Gasteiger partial charge on any atom is -0.370 e. The molecule has 118 valence electrons. The molecule has 4 rings (SSSR count). The largest absolute Gasteiger partial charge is 0.370 e. The van der Waals surface area contributed by atoms with Gasteiger partial charge in [0, 0.05) is 19.0 Å². The molecule has 0 spiro atoms. The number of nitrogens with one attached hydrogen (secondary N) is 1. The van der Waals surface area contributed by atoms with E-state index in [-0.39, 0.29) is 10.8 Å². The number of hydrogen-bond acceptors (Lipinski definition) is 4. The number of piperidine rings is 1. The van der Waals surface area contributed by atoms with E-state index in [0.717, 1.165) is 51.3 Å². The van der Waals surface area contributed by atoms with E-state index in [1.54, 1.807) is 0 Å². The van der Waals surface area contributed by atoms with Gasteiger partial charge in [0.25, 0.3) is 10.0 Å². The molecule has 0 bridgehead atoms. The summed E-state index contributed by atoms with van der Waals surface area (Å²) in [4.78, 5) is 2.03. The number of benzene rings is 1. The summed E-state index contributed by atoms with van der Waals surface area (Å²) in [5, 5.41) is 3.17. The molecule has 0 aromatic heterocycles. The molecule has 3 aliphatic rings. The number of anilines is 2. The first-order valence-electron chi connectivity index (χ1n) is 7.75. The van der Waals surface area contributed by atoms with Crippen LogP contribution in [0.2, 0.25) is 0 Å². The van der Waals surface area contributed by atoms with Crippen molar-refractivity contribution in [3.63, 3.8) is 0 Å². The van der Waals surface area contributed by atoms with Gasteiger partial charge >= 0.3 is 0 Å². The van der Waals surface area contributed by atoms with E-state index >= 15 is 0 Å². The van der Waals surface area contributed by atoms with E-state index in [9.17, 15) is 12.8 Å². The van der Waals surface area contributed by atoms with Crippen LogP contribution in [-0.4, -0.2) is 27.3 Å². The van der Waals surface area contributed by atoms with Gasteiger partial charge in [0.1, 0.15) is 16.5 Å².